The molecule has 0 amide bonds. The summed E-state index contributed by atoms with van der Waals surface area (Å²) in [5.41, 5.74) is 4.84. The molecular formula is C21H16N2. The van der Waals surface area contributed by atoms with Crippen LogP contribution >= 0.6 is 0 Å². The van der Waals surface area contributed by atoms with Crippen LogP contribution in [0.2, 0.25) is 0 Å². The maximum Gasteiger partial charge on any atom is 0.0998 e. The lowest BCUT2D eigenvalue weighted by molar-refractivity contribution is 0.532. The molecule has 0 unspecified atom stereocenters. The zero-order chi connectivity index (χ0) is 15.8. The lowest BCUT2D eigenvalue weighted by Crippen LogP contribution is -2.16. The highest BCUT2D eigenvalue weighted by Crippen LogP contribution is 2.53. The van der Waals surface area contributed by atoms with Gasteiger partial charge in [-0.1, -0.05) is 42.5 Å². The van der Waals surface area contributed by atoms with Gasteiger partial charge in [0.1, 0.15) is 0 Å². The van der Waals surface area contributed by atoms with Crippen molar-refractivity contribution >= 4 is 6.08 Å². The van der Waals surface area contributed by atoms with E-state index in [2.05, 4.69) is 54.6 Å². The third-order valence-electron chi connectivity index (χ3n) is 5.33. The van der Waals surface area contributed by atoms with Gasteiger partial charge < -0.3 is 0 Å². The van der Waals surface area contributed by atoms with Crippen LogP contribution in [0.4, 0.5) is 0 Å². The molecule has 4 rings (SSSR count). The van der Waals surface area contributed by atoms with Gasteiger partial charge in [0, 0.05) is 0 Å². The molecule has 0 heterocycles. The van der Waals surface area contributed by atoms with Gasteiger partial charge in [0.25, 0.3) is 0 Å². The average molecular weight is 296 g/mol. The van der Waals surface area contributed by atoms with E-state index in [9.17, 15) is 10.5 Å². The van der Waals surface area contributed by atoms with Crippen molar-refractivity contribution < 1.29 is 0 Å². The third-order valence-corrected chi connectivity index (χ3v) is 5.33. The Labute approximate surface area is 136 Å². The van der Waals surface area contributed by atoms with Gasteiger partial charge >= 0.3 is 0 Å². The Balaban J connectivity index is 1.82. The molecule has 2 heteroatoms. The number of nitriles is 2. The summed E-state index contributed by atoms with van der Waals surface area (Å²) in [5.74, 6) is 1.27. The number of hydrogen-bond acceptors (Lipinski definition) is 2. The van der Waals surface area contributed by atoms with E-state index in [1.807, 2.05) is 6.07 Å². The summed E-state index contributed by atoms with van der Waals surface area (Å²) in [5, 5.41) is 18.9. The third kappa shape index (κ3) is 2.07. The molecule has 0 N–H and O–H groups in total. The molecule has 2 aromatic carbocycles. The van der Waals surface area contributed by atoms with Crippen LogP contribution in [0.25, 0.3) is 6.08 Å². The van der Waals surface area contributed by atoms with Crippen LogP contribution in [0.5, 0.6) is 0 Å². The minimum Gasteiger partial charge on any atom is -0.192 e. The molecular weight excluding hydrogens is 280 g/mol. The molecule has 0 radical (unpaired) electrons. The van der Waals surface area contributed by atoms with Crippen LogP contribution in [-0.4, -0.2) is 0 Å². The highest BCUT2D eigenvalue weighted by atomic mass is 14.4. The van der Waals surface area contributed by atoms with Crippen LogP contribution in [-0.2, 0) is 0 Å². The summed E-state index contributed by atoms with van der Waals surface area (Å²) in [7, 11) is 0. The van der Waals surface area contributed by atoms with Gasteiger partial charge in [-0.15, -0.1) is 0 Å². The fourth-order valence-corrected chi connectivity index (χ4v) is 4.34. The number of benzene rings is 2. The Morgan fingerprint density at radius 2 is 1.52 bits per heavy atom. The molecule has 2 nitrogen and oxygen atoms in total. The largest absolute Gasteiger partial charge is 0.192 e. The monoisotopic (exact) mass is 296 g/mol. The van der Waals surface area contributed by atoms with E-state index in [-0.39, 0.29) is 0 Å². The normalized spacial score (nSPS) is 24.3. The first-order valence-corrected chi connectivity index (χ1v) is 8.03. The molecule has 1 fully saturated rings. The number of rotatable bonds is 1. The van der Waals surface area contributed by atoms with Crippen molar-refractivity contribution in [2.45, 2.75) is 24.7 Å². The molecule has 23 heavy (non-hydrogen) atoms. The maximum atomic E-state index is 9.50. The fourth-order valence-electron chi connectivity index (χ4n) is 4.34. The van der Waals surface area contributed by atoms with Crippen LogP contribution in [0.15, 0.2) is 48.5 Å². The molecule has 0 aromatic heterocycles. The molecule has 0 spiro atoms. The zero-order valence-electron chi connectivity index (χ0n) is 12.7. The smallest absolute Gasteiger partial charge is 0.0998 e. The lowest BCUT2D eigenvalue weighted by Gasteiger charge is -2.28. The molecule has 0 saturated heterocycles. The minimum absolute atomic E-state index is 0.350. The Morgan fingerprint density at radius 1 is 0.826 bits per heavy atom. The molecule has 2 aliphatic carbocycles. The van der Waals surface area contributed by atoms with Gasteiger partial charge in [0.15, 0.2) is 0 Å². The number of nitrogens with zero attached hydrogens (tertiary/aromatic N) is 2. The van der Waals surface area contributed by atoms with Gasteiger partial charge in [0.2, 0.25) is 0 Å². The van der Waals surface area contributed by atoms with Gasteiger partial charge in [-0.3, -0.25) is 0 Å². The molecule has 0 bridgehead atoms. The zero-order valence-corrected chi connectivity index (χ0v) is 12.7. The maximum absolute atomic E-state index is 9.50. The predicted molar refractivity (Wildman–Crippen MR) is 89.6 cm³/mol. The SMILES string of the molecule is N#Cc1ccc(C#N)c2c1C=C[C@H]1[C@@H](c3ccccc3)CC[C@@H]21. The van der Waals surface area contributed by atoms with Gasteiger partial charge in [-0.25, -0.2) is 0 Å². The average Bonchev–Trinajstić information content (AvgIpc) is 3.05. The molecule has 1 saturated carbocycles. The van der Waals surface area contributed by atoms with Crippen LogP contribution in [0.1, 0.15) is 52.5 Å². The first kappa shape index (κ1) is 13.8. The van der Waals surface area contributed by atoms with Crippen molar-refractivity contribution in [2.24, 2.45) is 5.92 Å². The van der Waals surface area contributed by atoms with Crippen LogP contribution in [0.3, 0.4) is 0 Å². The van der Waals surface area contributed by atoms with E-state index >= 15 is 0 Å². The minimum atomic E-state index is 0.350. The summed E-state index contributed by atoms with van der Waals surface area (Å²) in [6, 6.07) is 18.8. The second-order valence-electron chi connectivity index (χ2n) is 6.35. The predicted octanol–water partition coefficient (Wildman–Crippen LogP) is 4.73. The highest BCUT2D eigenvalue weighted by molar-refractivity contribution is 5.69. The summed E-state index contributed by atoms with van der Waals surface area (Å²) >= 11 is 0. The van der Waals surface area contributed by atoms with E-state index in [0.717, 1.165) is 29.5 Å². The molecule has 110 valence electrons. The summed E-state index contributed by atoms with van der Waals surface area (Å²) < 4.78 is 0. The Bertz CT molecular complexity index is 865. The van der Waals surface area contributed by atoms with Crippen LogP contribution in [0, 0.1) is 28.6 Å². The Morgan fingerprint density at radius 3 is 2.26 bits per heavy atom. The van der Waals surface area contributed by atoms with Crippen molar-refractivity contribution in [1.82, 2.24) is 0 Å². The second-order valence-corrected chi connectivity index (χ2v) is 6.35. The number of allylic oxidation sites excluding steroid dienone is 1. The van der Waals surface area contributed by atoms with E-state index in [1.54, 1.807) is 6.07 Å². The van der Waals surface area contributed by atoms with Crippen molar-refractivity contribution in [3.05, 3.63) is 76.4 Å². The first-order chi connectivity index (χ1) is 11.3. The quantitative estimate of drug-likeness (QED) is 0.763. The Hall–Kier alpha value is -2.84. The van der Waals surface area contributed by atoms with Gasteiger partial charge in [-0.2, -0.15) is 10.5 Å². The summed E-state index contributed by atoms with van der Waals surface area (Å²) in [6.45, 7) is 0. The molecule has 2 aromatic rings. The fraction of sp³-hybridized carbons (Fsp3) is 0.238. The molecule has 0 aliphatic heterocycles. The van der Waals surface area contributed by atoms with Gasteiger partial charge in [0.05, 0.1) is 23.3 Å². The van der Waals surface area contributed by atoms with E-state index in [4.69, 9.17) is 0 Å². The topological polar surface area (TPSA) is 47.6 Å². The van der Waals surface area contributed by atoms with Gasteiger partial charge in [-0.05, 0) is 59.4 Å². The van der Waals surface area contributed by atoms with E-state index in [1.165, 1.54) is 5.56 Å². The highest BCUT2D eigenvalue weighted by Gasteiger charge is 2.40. The number of fused-ring (bicyclic) bond motifs is 3. The summed E-state index contributed by atoms with van der Waals surface area (Å²) in [6.07, 6.45) is 6.53. The lowest BCUT2D eigenvalue weighted by atomic mass is 9.74. The standard InChI is InChI=1S/C21H16N2/c22-12-15-6-7-16(13-23)21-18(15)9-10-19-17(8-11-20(19)21)14-4-2-1-3-5-14/h1-7,9-10,17,19-20H,8,11H2/t17-,19+,20-/m1/s1. The first-order valence-electron chi connectivity index (χ1n) is 8.03. The van der Waals surface area contributed by atoms with E-state index < -0.39 is 0 Å². The van der Waals surface area contributed by atoms with Crippen molar-refractivity contribution in [1.29, 1.82) is 10.5 Å². The molecule has 3 atom stereocenters. The van der Waals surface area contributed by atoms with E-state index in [0.29, 0.717) is 23.3 Å². The van der Waals surface area contributed by atoms with Crippen LogP contribution < -0.4 is 0 Å². The summed E-state index contributed by atoms with van der Waals surface area (Å²) in [4.78, 5) is 0. The van der Waals surface area contributed by atoms with Crippen molar-refractivity contribution in [2.75, 3.05) is 0 Å². The Kier molecular flexibility index (Phi) is 3.25. The second kappa shape index (κ2) is 5.41. The molecule has 2 aliphatic rings. The van der Waals surface area contributed by atoms with Crippen molar-refractivity contribution in [3.63, 3.8) is 0 Å². The number of hydrogen-bond donors (Lipinski definition) is 0. The van der Waals surface area contributed by atoms with Crippen molar-refractivity contribution in [3.8, 4) is 12.1 Å².